The van der Waals surface area contributed by atoms with Gasteiger partial charge in [0.15, 0.2) is 0 Å². The molecular weight excluding hydrogens is 444 g/mol. The molecule has 0 heterocycles. The summed E-state index contributed by atoms with van der Waals surface area (Å²) in [6.07, 6.45) is 1.42. The van der Waals surface area contributed by atoms with E-state index in [4.69, 9.17) is 9.47 Å². The number of rotatable bonds is 12. The summed E-state index contributed by atoms with van der Waals surface area (Å²) >= 11 is 0. The highest BCUT2D eigenvalue weighted by molar-refractivity contribution is 5.88. The zero-order valence-corrected chi connectivity index (χ0v) is 21.4. The zero-order chi connectivity index (χ0) is 25.8. The number of nitrogens with one attached hydrogen (secondary N) is 2. The van der Waals surface area contributed by atoms with Crippen LogP contribution in [0, 0.1) is 0 Å². The van der Waals surface area contributed by atoms with Crippen LogP contribution >= 0.6 is 0 Å². The van der Waals surface area contributed by atoms with Crippen molar-refractivity contribution in [2.45, 2.75) is 77.6 Å². The SMILES string of the molecule is CCOC(=O)[C@H](CCc1ccccc1)N[C@@H](C)C(=O)N[C@H](Cc1ccccc1)C(=O)OC(C)(C)C. The Bertz CT molecular complexity index is 941. The van der Waals surface area contributed by atoms with E-state index in [1.807, 2.05) is 60.7 Å². The molecule has 7 heteroatoms. The van der Waals surface area contributed by atoms with Gasteiger partial charge in [0.05, 0.1) is 12.6 Å². The highest BCUT2D eigenvalue weighted by atomic mass is 16.6. The van der Waals surface area contributed by atoms with Crippen LogP contribution in [0.5, 0.6) is 0 Å². The number of amides is 1. The maximum absolute atomic E-state index is 13.1. The molecule has 2 rings (SSSR count). The predicted octanol–water partition coefficient (Wildman–Crippen LogP) is 3.60. The third kappa shape index (κ3) is 10.3. The van der Waals surface area contributed by atoms with Crippen LogP contribution in [0.1, 0.15) is 52.2 Å². The van der Waals surface area contributed by atoms with Gasteiger partial charge in [-0.3, -0.25) is 14.9 Å². The molecule has 1 amide bonds. The van der Waals surface area contributed by atoms with Gasteiger partial charge in [-0.1, -0.05) is 60.7 Å². The minimum absolute atomic E-state index is 0.251. The van der Waals surface area contributed by atoms with E-state index in [2.05, 4.69) is 10.6 Å². The van der Waals surface area contributed by atoms with E-state index in [1.54, 1.807) is 34.6 Å². The van der Waals surface area contributed by atoms with E-state index in [0.29, 0.717) is 19.3 Å². The number of carbonyl (C=O) groups excluding carboxylic acids is 3. The van der Waals surface area contributed by atoms with E-state index < -0.39 is 41.6 Å². The Labute approximate surface area is 208 Å². The van der Waals surface area contributed by atoms with Crippen molar-refractivity contribution < 1.29 is 23.9 Å². The summed E-state index contributed by atoms with van der Waals surface area (Å²) < 4.78 is 10.8. The second kappa shape index (κ2) is 13.6. The molecule has 190 valence electrons. The van der Waals surface area contributed by atoms with Crippen LogP contribution in [-0.4, -0.2) is 48.2 Å². The molecule has 35 heavy (non-hydrogen) atoms. The molecule has 0 saturated heterocycles. The summed E-state index contributed by atoms with van der Waals surface area (Å²) in [7, 11) is 0. The van der Waals surface area contributed by atoms with Crippen LogP contribution in [-0.2, 0) is 36.7 Å². The van der Waals surface area contributed by atoms with Gasteiger partial charge in [-0.05, 0) is 58.6 Å². The summed E-state index contributed by atoms with van der Waals surface area (Å²) in [6.45, 7) is 9.02. The van der Waals surface area contributed by atoms with E-state index in [-0.39, 0.29) is 6.61 Å². The minimum Gasteiger partial charge on any atom is -0.465 e. The number of esters is 2. The highest BCUT2D eigenvalue weighted by Gasteiger charge is 2.30. The summed E-state index contributed by atoms with van der Waals surface area (Å²) in [4.78, 5) is 38.5. The van der Waals surface area contributed by atoms with Crippen molar-refractivity contribution >= 4 is 17.8 Å². The van der Waals surface area contributed by atoms with E-state index >= 15 is 0 Å². The second-order valence-corrected chi connectivity index (χ2v) is 9.50. The Morgan fingerprint density at radius 1 is 0.857 bits per heavy atom. The molecule has 0 unspecified atom stereocenters. The topological polar surface area (TPSA) is 93.7 Å². The Morgan fingerprint density at radius 2 is 1.43 bits per heavy atom. The van der Waals surface area contributed by atoms with Crippen molar-refractivity contribution in [1.82, 2.24) is 10.6 Å². The molecule has 0 spiro atoms. The molecule has 0 aromatic heterocycles. The lowest BCUT2D eigenvalue weighted by atomic mass is 10.0. The number of carbonyl (C=O) groups is 3. The first-order chi connectivity index (χ1) is 16.6. The number of aryl methyl sites for hydroxylation is 1. The maximum atomic E-state index is 13.1. The van der Waals surface area contributed by atoms with Gasteiger partial charge in [0.2, 0.25) is 5.91 Å². The van der Waals surface area contributed by atoms with Crippen LogP contribution in [0.15, 0.2) is 60.7 Å². The van der Waals surface area contributed by atoms with E-state index in [0.717, 1.165) is 11.1 Å². The number of hydrogen-bond acceptors (Lipinski definition) is 6. The summed E-state index contributed by atoms with van der Waals surface area (Å²) in [5.41, 5.74) is 1.30. The van der Waals surface area contributed by atoms with Crippen molar-refractivity contribution in [2.75, 3.05) is 6.61 Å². The molecule has 2 aromatic rings. The number of ether oxygens (including phenoxy) is 2. The first-order valence-corrected chi connectivity index (χ1v) is 12.1. The zero-order valence-electron chi connectivity index (χ0n) is 21.4. The van der Waals surface area contributed by atoms with Gasteiger partial charge in [0.25, 0.3) is 0 Å². The predicted molar refractivity (Wildman–Crippen MR) is 136 cm³/mol. The molecule has 0 saturated carbocycles. The molecule has 7 nitrogen and oxygen atoms in total. The average Bonchev–Trinajstić information content (AvgIpc) is 2.81. The lowest BCUT2D eigenvalue weighted by Crippen LogP contribution is -2.54. The standard InChI is InChI=1S/C28H38N2O5/c1-6-34-26(32)23(18-17-21-13-9-7-10-14-21)29-20(2)25(31)30-24(27(33)35-28(3,4)5)19-22-15-11-8-12-16-22/h7-16,20,23-24,29H,6,17-19H2,1-5H3,(H,30,31)/t20-,23-,24+/m0/s1. The fraction of sp³-hybridized carbons (Fsp3) is 0.464. The molecule has 0 fully saturated rings. The van der Waals surface area contributed by atoms with Crippen LogP contribution in [0.25, 0.3) is 0 Å². The molecule has 2 N–H and O–H groups in total. The molecule has 0 aliphatic heterocycles. The van der Waals surface area contributed by atoms with Crippen LogP contribution in [0.2, 0.25) is 0 Å². The lowest BCUT2D eigenvalue weighted by molar-refractivity contribution is -0.159. The van der Waals surface area contributed by atoms with Gasteiger partial charge in [-0.2, -0.15) is 0 Å². The smallest absolute Gasteiger partial charge is 0.329 e. The molecule has 0 aliphatic carbocycles. The van der Waals surface area contributed by atoms with Crippen molar-refractivity contribution in [1.29, 1.82) is 0 Å². The Balaban J connectivity index is 2.08. The Hall–Kier alpha value is -3.19. The molecule has 0 aliphatic rings. The van der Waals surface area contributed by atoms with Crippen LogP contribution in [0.4, 0.5) is 0 Å². The van der Waals surface area contributed by atoms with Gasteiger partial charge in [-0.25, -0.2) is 4.79 Å². The maximum Gasteiger partial charge on any atom is 0.329 e. The van der Waals surface area contributed by atoms with Gasteiger partial charge >= 0.3 is 11.9 Å². The fourth-order valence-corrected chi connectivity index (χ4v) is 3.56. The van der Waals surface area contributed by atoms with Gasteiger partial charge in [0, 0.05) is 6.42 Å². The van der Waals surface area contributed by atoms with Gasteiger partial charge in [0.1, 0.15) is 17.7 Å². The average molecular weight is 483 g/mol. The lowest BCUT2D eigenvalue weighted by Gasteiger charge is -2.27. The quantitative estimate of drug-likeness (QED) is 0.449. The molecule has 3 atom stereocenters. The normalized spacial score (nSPS) is 13.9. The van der Waals surface area contributed by atoms with Crippen molar-refractivity contribution in [3.8, 4) is 0 Å². The Kier molecular flexibility index (Phi) is 10.9. The number of hydrogen-bond donors (Lipinski definition) is 2. The monoisotopic (exact) mass is 482 g/mol. The summed E-state index contributed by atoms with van der Waals surface area (Å²) in [5, 5.41) is 5.90. The summed E-state index contributed by atoms with van der Waals surface area (Å²) in [5.74, 6) is -1.31. The van der Waals surface area contributed by atoms with Crippen molar-refractivity contribution in [2.24, 2.45) is 0 Å². The first-order valence-electron chi connectivity index (χ1n) is 12.1. The summed E-state index contributed by atoms with van der Waals surface area (Å²) in [6, 6.07) is 17.0. The molecular formula is C28H38N2O5. The Morgan fingerprint density at radius 3 is 1.97 bits per heavy atom. The third-order valence-electron chi connectivity index (χ3n) is 5.27. The second-order valence-electron chi connectivity index (χ2n) is 9.50. The van der Waals surface area contributed by atoms with Gasteiger partial charge < -0.3 is 14.8 Å². The van der Waals surface area contributed by atoms with Crippen LogP contribution < -0.4 is 10.6 Å². The van der Waals surface area contributed by atoms with Crippen molar-refractivity contribution in [3.05, 3.63) is 71.8 Å². The van der Waals surface area contributed by atoms with E-state index in [1.165, 1.54) is 0 Å². The molecule has 0 radical (unpaired) electrons. The highest BCUT2D eigenvalue weighted by Crippen LogP contribution is 2.12. The minimum atomic E-state index is -0.862. The fourth-order valence-electron chi connectivity index (χ4n) is 3.56. The first kappa shape index (κ1) is 28.1. The molecule has 0 bridgehead atoms. The number of benzene rings is 2. The third-order valence-corrected chi connectivity index (χ3v) is 5.27. The largest absolute Gasteiger partial charge is 0.465 e. The van der Waals surface area contributed by atoms with E-state index in [9.17, 15) is 14.4 Å². The van der Waals surface area contributed by atoms with Crippen LogP contribution in [0.3, 0.4) is 0 Å². The van der Waals surface area contributed by atoms with Crippen molar-refractivity contribution in [3.63, 3.8) is 0 Å². The van der Waals surface area contributed by atoms with Gasteiger partial charge in [-0.15, -0.1) is 0 Å². The molecule has 2 aromatic carbocycles.